The predicted molar refractivity (Wildman–Crippen MR) is 68.7 cm³/mol. The summed E-state index contributed by atoms with van der Waals surface area (Å²) in [6, 6.07) is -0.555. The summed E-state index contributed by atoms with van der Waals surface area (Å²) in [5.41, 5.74) is 0. The highest BCUT2D eigenvalue weighted by atomic mass is 32.2. The van der Waals surface area contributed by atoms with Crippen molar-refractivity contribution >= 4 is 16.1 Å². The van der Waals surface area contributed by atoms with Gasteiger partial charge in [-0.3, -0.25) is 4.18 Å². The lowest BCUT2D eigenvalue weighted by atomic mass is 9.96. The van der Waals surface area contributed by atoms with Gasteiger partial charge in [0.25, 0.3) is 10.1 Å². The van der Waals surface area contributed by atoms with Crippen LogP contribution in [-0.4, -0.2) is 44.9 Å². The highest BCUT2D eigenvalue weighted by Crippen LogP contribution is 2.17. The average molecular weight is 293 g/mol. The molecule has 0 aromatic carbocycles. The van der Waals surface area contributed by atoms with Crippen LogP contribution in [0.1, 0.15) is 32.1 Å². The van der Waals surface area contributed by atoms with E-state index >= 15 is 0 Å². The van der Waals surface area contributed by atoms with Crippen molar-refractivity contribution in [2.75, 3.05) is 19.4 Å². The Balaban J connectivity index is 2.36. The summed E-state index contributed by atoms with van der Waals surface area (Å²) in [7, 11) is -3.58. The minimum atomic E-state index is -3.58. The number of rotatable bonds is 6. The second-order valence-corrected chi connectivity index (χ2v) is 6.16. The van der Waals surface area contributed by atoms with Crippen LogP contribution in [0.5, 0.6) is 0 Å². The molecule has 19 heavy (non-hydrogen) atoms. The van der Waals surface area contributed by atoms with Gasteiger partial charge in [0.05, 0.1) is 24.7 Å². The summed E-state index contributed by atoms with van der Waals surface area (Å²) in [6.07, 6.45) is 5.93. The number of urea groups is 1. The molecule has 1 N–H and O–H groups in total. The molecule has 1 aliphatic carbocycles. The fraction of sp³-hybridized carbons (Fsp3) is 0.900. The Morgan fingerprint density at radius 2 is 2.00 bits per heavy atom. The molecule has 8 nitrogen and oxygen atoms in total. The van der Waals surface area contributed by atoms with E-state index in [1.807, 2.05) is 0 Å². The van der Waals surface area contributed by atoms with E-state index in [9.17, 15) is 18.1 Å². The second-order valence-electron chi connectivity index (χ2n) is 4.52. The van der Waals surface area contributed by atoms with E-state index in [0.29, 0.717) is 5.01 Å². The lowest BCUT2D eigenvalue weighted by Crippen LogP contribution is -2.44. The maximum absolute atomic E-state index is 11.7. The molecule has 110 valence electrons. The van der Waals surface area contributed by atoms with Crippen LogP contribution in [0.2, 0.25) is 0 Å². The van der Waals surface area contributed by atoms with Gasteiger partial charge in [-0.25, -0.2) is 4.79 Å². The number of carbonyl (C=O) groups is 1. The fourth-order valence-electron chi connectivity index (χ4n) is 1.95. The van der Waals surface area contributed by atoms with E-state index in [2.05, 4.69) is 14.8 Å². The molecule has 0 saturated heterocycles. The summed E-state index contributed by atoms with van der Waals surface area (Å²) >= 11 is 0. The summed E-state index contributed by atoms with van der Waals surface area (Å²) in [5, 5.41) is 5.91. The minimum absolute atomic E-state index is 0.0568. The molecule has 1 rings (SSSR count). The SMILES string of the molecule is CS(=O)(=O)OCCN(N=O)C(=O)NC1CCCCC1. The molecule has 1 saturated carbocycles. The number of amides is 2. The van der Waals surface area contributed by atoms with E-state index < -0.39 is 16.1 Å². The van der Waals surface area contributed by atoms with Crippen molar-refractivity contribution in [2.45, 2.75) is 38.1 Å². The van der Waals surface area contributed by atoms with Crippen LogP contribution in [0.4, 0.5) is 4.79 Å². The van der Waals surface area contributed by atoms with Crippen LogP contribution in [-0.2, 0) is 14.3 Å². The number of nitrogens with zero attached hydrogens (tertiary/aromatic N) is 2. The first-order valence-electron chi connectivity index (χ1n) is 6.18. The first-order valence-corrected chi connectivity index (χ1v) is 8.00. The Bertz CT molecular complexity index is 405. The summed E-state index contributed by atoms with van der Waals surface area (Å²) < 4.78 is 25.9. The number of carbonyl (C=O) groups excluding carboxylic acids is 1. The predicted octanol–water partition coefficient (Wildman–Crippen LogP) is 0.988. The van der Waals surface area contributed by atoms with E-state index in [0.717, 1.165) is 38.4 Å². The van der Waals surface area contributed by atoms with E-state index in [4.69, 9.17) is 0 Å². The first-order chi connectivity index (χ1) is 8.92. The third-order valence-electron chi connectivity index (χ3n) is 2.87. The Kier molecular flexibility index (Phi) is 6.16. The van der Waals surface area contributed by atoms with Crippen molar-refractivity contribution in [2.24, 2.45) is 5.29 Å². The van der Waals surface area contributed by atoms with Crippen LogP contribution in [0, 0.1) is 4.91 Å². The van der Waals surface area contributed by atoms with E-state index in [1.54, 1.807) is 0 Å². The monoisotopic (exact) mass is 293 g/mol. The summed E-state index contributed by atoms with van der Waals surface area (Å²) in [4.78, 5) is 22.3. The van der Waals surface area contributed by atoms with Crippen molar-refractivity contribution in [3.05, 3.63) is 4.91 Å². The molecular weight excluding hydrogens is 274 g/mol. The molecule has 1 fully saturated rings. The summed E-state index contributed by atoms with van der Waals surface area (Å²) in [6.45, 7) is -0.488. The second kappa shape index (κ2) is 7.39. The summed E-state index contributed by atoms with van der Waals surface area (Å²) in [5.74, 6) is 0. The van der Waals surface area contributed by atoms with Gasteiger partial charge >= 0.3 is 6.03 Å². The van der Waals surface area contributed by atoms with Gasteiger partial charge in [0.2, 0.25) is 0 Å². The topological polar surface area (TPSA) is 105 Å². The smallest absolute Gasteiger partial charge is 0.334 e. The zero-order chi connectivity index (χ0) is 14.3. The molecule has 0 unspecified atom stereocenters. The maximum Gasteiger partial charge on any atom is 0.340 e. The Morgan fingerprint density at radius 3 is 2.53 bits per heavy atom. The Morgan fingerprint density at radius 1 is 1.37 bits per heavy atom. The van der Waals surface area contributed by atoms with Crippen LogP contribution < -0.4 is 5.32 Å². The van der Waals surface area contributed by atoms with Gasteiger partial charge in [-0.2, -0.15) is 13.4 Å². The fourth-order valence-corrected chi connectivity index (χ4v) is 2.33. The molecule has 0 spiro atoms. The van der Waals surface area contributed by atoms with Gasteiger partial charge in [-0.05, 0) is 12.8 Å². The lowest BCUT2D eigenvalue weighted by molar-refractivity contribution is 0.178. The molecular formula is C10H19N3O5S. The number of hydrogen-bond donors (Lipinski definition) is 1. The van der Waals surface area contributed by atoms with Crippen molar-refractivity contribution in [3.8, 4) is 0 Å². The van der Waals surface area contributed by atoms with Crippen LogP contribution in [0.3, 0.4) is 0 Å². The zero-order valence-corrected chi connectivity index (χ0v) is 11.7. The molecule has 0 aliphatic heterocycles. The number of hydrogen-bond acceptors (Lipinski definition) is 6. The average Bonchev–Trinajstić information content (AvgIpc) is 2.34. The molecule has 0 atom stereocenters. The van der Waals surface area contributed by atoms with Crippen molar-refractivity contribution in [1.29, 1.82) is 0 Å². The molecule has 0 heterocycles. The van der Waals surface area contributed by atoms with E-state index in [-0.39, 0.29) is 19.2 Å². The molecule has 0 aromatic heterocycles. The van der Waals surface area contributed by atoms with Crippen LogP contribution in [0.25, 0.3) is 0 Å². The largest absolute Gasteiger partial charge is 0.340 e. The molecule has 9 heteroatoms. The lowest BCUT2D eigenvalue weighted by Gasteiger charge is -2.24. The van der Waals surface area contributed by atoms with Gasteiger partial charge in [0, 0.05) is 6.04 Å². The molecule has 1 aliphatic rings. The van der Waals surface area contributed by atoms with E-state index in [1.165, 1.54) is 0 Å². The number of nitrogens with one attached hydrogen (secondary N) is 1. The van der Waals surface area contributed by atoms with Gasteiger partial charge in [0.15, 0.2) is 0 Å². The zero-order valence-electron chi connectivity index (χ0n) is 10.9. The maximum atomic E-state index is 11.7. The van der Waals surface area contributed by atoms with Crippen LogP contribution >= 0.6 is 0 Å². The quantitative estimate of drug-likeness (QED) is 0.446. The van der Waals surface area contributed by atoms with Gasteiger partial charge < -0.3 is 5.32 Å². The molecule has 2 amide bonds. The first kappa shape index (κ1) is 15.8. The van der Waals surface area contributed by atoms with Gasteiger partial charge in [-0.15, -0.1) is 4.91 Å². The third kappa shape index (κ3) is 6.48. The van der Waals surface area contributed by atoms with Gasteiger partial charge in [-0.1, -0.05) is 19.3 Å². The van der Waals surface area contributed by atoms with Crippen molar-refractivity contribution < 1.29 is 17.4 Å². The molecule has 0 radical (unpaired) electrons. The number of nitroso groups, excluding NO2 is 1. The minimum Gasteiger partial charge on any atom is -0.334 e. The highest BCUT2D eigenvalue weighted by molar-refractivity contribution is 7.85. The highest BCUT2D eigenvalue weighted by Gasteiger charge is 2.20. The van der Waals surface area contributed by atoms with Crippen molar-refractivity contribution in [3.63, 3.8) is 0 Å². The van der Waals surface area contributed by atoms with Crippen LogP contribution in [0.15, 0.2) is 5.29 Å². The third-order valence-corrected chi connectivity index (χ3v) is 3.46. The standard InChI is InChI=1S/C10H19N3O5S/c1-19(16,17)18-8-7-13(12-15)10(14)11-9-5-3-2-4-6-9/h9H,2-8H2,1H3,(H,11,14). The molecule has 0 aromatic rings. The molecule has 0 bridgehead atoms. The van der Waals surface area contributed by atoms with Crippen molar-refractivity contribution in [1.82, 2.24) is 10.3 Å². The normalized spacial score (nSPS) is 16.9. The Labute approximate surface area is 112 Å². The Hall–Kier alpha value is -1.22. The van der Waals surface area contributed by atoms with Gasteiger partial charge in [0.1, 0.15) is 0 Å².